The van der Waals surface area contributed by atoms with Crippen LogP contribution in [0.4, 0.5) is 0 Å². The SMILES string of the molecule is CC/C=C\C/C=C\C/C=C\C/C=C\C/C=C\CCCCCC(=O)OCC(COC(=O)CCCCCCC/C=C\C/C=C\CC)OC(=O)CCCCCCCCCCCCCCCCC. The molecule has 0 N–H and O–H groups in total. The molecule has 0 amide bonds. The van der Waals surface area contributed by atoms with Gasteiger partial charge in [-0.15, -0.1) is 0 Å². The highest BCUT2D eigenvalue weighted by Crippen LogP contribution is 2.15. The molecule has 0 radical (unpaired) electrons. The first kappa shape index (κ1) is 60.6. The average molecular weight is 891 g/mol. The third-order valence-corrected chi connectivity index (χ3v) is 11.1. The molecule has 0 saturated heterocycles. The Morgan fingerprint density at radius 2 is 0.609 bits per heavy atom. The summed E-state index contributed by atoms with van der Waals surface area (Å²) in [6.45, 7) is 6.38. The van der Waals surface area contributed by atoms with E-state index in [1.165, 1.54) is 77.0 Å². The fourth-order valence-electron chi connectivity index (χ4n) is 7.21. The van der Waals surface area contributed by atoms with Gasteiger partial charge in [0.25, 0.3) is 0 Å². The molecular formula is C58H98O6. The van der Waals surface area contributed by atoms with Gasteiger partial charge in [-0.25, -0.2) is 0 Å². The molecule has 0 aromatic heterocycles. The third kappa shape index (κ3) is 49.6. The summed E-state index contributed by atoms with van der Waals surface area (Å²) in [4.78, 5) is 38.0. The highest BCUT2D eigenvalue weighted by Gasteiger charge is 2.19. The van der Waals surface area contributed by atoms with Crippen LogP contribution >= 0.6 is 0 Å². The van der Waals surface area contributed by atoms with E-state index in [1.54, 1.807) is 0 Å². The number of rotatable bonds is 47. The number of hydrogen-bond acceptors (Lipinski definition) is 6. The summed E-state index contributed by atoms with van der Waals surface area (Å²) in [7, 11) is 0. The van der Waals surface area contributed by atoms with Crippen molar-refractivity contribution in [2.24, 2.45) is 0 Å². The Morgan fingerprint density at radius 3 is 0.969 bits per heavy atom. The van der Waals surface area contributed by atoms with Crippen LogP contribution in [0.2, 0.25) is 0 Å². The zero-order valence-electron chi connectivity index (χ0n) is 41.8. The smallest absolute Gasteiger partial charge is 0.306 e. The Bertz CT molecular complexity index is 1250. The Kier molecular flexibility index (Phi) is 49.4. The third-order valence-electron chi connectivity index (χ3n) is 11.1. The molecule has 0 aromatic carbocycles. The van der Waals surface area contributed by atoms with E-state index in [4.69, 9.17) is 14.2 Å². The first-order valence-electron chi connectivity index (χ1n) is 26.6. The maximum Gasteiger partial charge on any atom is 0.306 e. The van der Waals surface area contributed by atoms with E-state index >= 15 is 0 Å². The van der Waals surface area contributed by atoms with Gasteiger partial charge in [-0.2, -0.15) is 0 Å². The summed E-state index contributed by atoms with van der Waals surface area (Å²) in [6.07, 6.45) is 67.1. The Morgan fingerprint density at radius 1 is 0.328 bits per heavy atom. The van der Waals surface area contributed by atoms with Gasteiger partial charge in [-0.1, -0.05) is 221 Å². The molecule has 0 spiro atoms. The fraction of sp³-hybridized carbons (Fsp3) is 0.707. The largest absolute Gasteiger partial charge is 0.462 e. The molecule has 0 rings (SSSR count). The van der Waals surface area contributed by atoms with Gasteiger partial charge >= 0.3 is 17.9 Å². The van der Waals surface area contributed by atoms with Gasteiger partial charge in [0, 0.05) is 19.3 Å². The minimum atomic E-state index is -0.794. The molecule has 64 heavy (non-hydrogen) atoms. The summed E-state index contributed by atoms with van der Waals surface area (Å²) in [5.74, 6) is -0.937. The number of ether oxygens (including phenoxy) is 3. The highest BCUT2D eigenvalue weighted by atomic mass is 16.6. The number of carbonyl (C=O) groups is 3. The standard InChI is InChI=1S/C58H98O6/c1-4-7-10-13-16-19-22-25-27-28-29-30-32-33-36-39-42-45-48-51-57(60)63-54-55(53-62-56(59)50-47-44-41-38-35-24-21-18-15-12-9-6-3)64-58(61)52-49-46-43-40-37-34-31-26-23-20-17-14-11-8-5-2/h7,9-10,12,16,18-19,21,25,27,29-30,33,36,55H,4-6,8,11,13-15,17,20,22-24,26,28,31-32,34-35,37-54H2,1-3H3/b10-7-,12-9-,19-16-,21-18-,27-25-,30-29-,36-33-. The van der Waals surface area contributed by atoms with Crippen molar-refractivity contribution in [3.05, 3.63) is 85.1 Å². The van der Waals surface area contributed by atoms with E-state index in [2.05, 4.69) is 106 Å². The predicted octanol–water partition coefficient (Wildman–Crippen LogP) is 17.6. The lowest BCUT2D eigenvalue weighted by molar-refractivity contribution is -0.167. The van der Waals surface area contributed by atoms with Crippen LogP contribution in [0.5, 0.6) is 0 Å². The molecule has 1 atom stereocenters. The lowest BCUT2D eigenvalue weighted by Gasteiger charge is -2.18. The van der Waals surface area contributed by atoms with Gasteiger partial charge in [0.1, 0.15) is 13.2 Å². The Labute approximate surface area is 395 Å². The fourth-order valence-corrected chi connectivity index (χ4v) is 7.21. The van der Waals surface area contributed by atoms with Gasteiger partial charge in [0.05, 0.1) is 0 Å². The van der Waals surface area contributed by atoms with Crippen LogP contribution in [-0.2, 0) is 28.6 Å². The zero-order chi connectivity index (χ0) is 46.5. The quantitative estimate of drug-likeness (QED) is 0.0262. The van der Waals surface area contributed by atoms with Crippen LogP contribution in [-0.4, -0.2) is 37.2 Å². The number of unbranched alkanes of at least 4 members (excludes halogenated alkanes) is 22. The minimum absolute atomic E-state index is 0.0935. The van der Waals surface area contributed by atoms with Crippen molar-refractivity contribution in [3.63, 3.8) is 0 Å². The van der Waals surface area contributed by atoms with Gasteiger partial charge in [-0.05, 0) is 89.9 Å². The van der Waals surface area contributed by atoms with Crippen molar-refractivity contribution in [1.29, 1.82) is 0 Å². The minimum Gasteiger partial charge on any atom is -0.462 e. The van der Waals surface area contributed by atoms with E-state index in [0.29, 0.717) is 19.3 Å². The van der Waals surface area contributed by atoms with Gasteiger partial charge in [0.15, 0.2) is 6.10 Å². The Balaban J connectivity index is 4.43. The number of hydrogen-bond donors (Lipinski definition) is 0. The Hall–Kier alpha value is -3.41. The second-order valence-electron chi connectivity index (χ2n) is 17.4. The molecule has 0 aliphatic heterocycles. The number of esters is 3. The molecule has 0 fully saturated rings. The van der Waals surface area contributed by atoms with Gasteiger partial charge in [0.2, 0.25) is 0 Å². The van der Waals surface area contributed by atoms with Crippen LogP contribution in [0.1, 0.15) is 245 Å². The highest BCUT2D eigenvalue weighted by molar-refractivity contribution is 5.71. The second kappa shape index (κ2) is 52.2. The van der Waals surface area contributed by atoms with Crippen molar-refractivity contribution in [2.45, 2.75) is 252 Å². The average Bonchev–Trinajstić information content (AvgIpc) is 3.29. The summed E-state index contributed by atoms with van der Waals surface area (Å²) in [5, 5.41) is 0. The molecule has 1 unspecified atom stereocenters. The van der Waals surface area contributed by atoms with Crippen LogP contribution < -0.4 is 0 Å². The summed E-state index contributed by atoms with van der Waals surface area (Å²) in [6, 6.07) is 0. The molecular weight excluding hydrogens is 793 g/mol. The van der Waals surface area contributed by atoms with Crippen molar-refractivity contribution in [1.82, 2.24) is 0 Å². The van der Waals surface area contributed by atoms with Crippen LogP contribution in [0, 0.1) is 0 Å². The summed E-state index contributed by atoms with van der Waals surface area (Å²) >= 11 is 0. The van der Waals surface area contributed by atoms with Crippen LogP contribution in [0.15, 0.2) is 85.1 Å². The normalized spacial score (nSPS) is 12.7. The van der Waals surface area contributed by atoms with E-state index in [0.717, 1.165) is 128 Å². The van der Waals surface area contributed by atoms with Crippen LogP contribution in [0.3, 0.4) is 0 Å². The maximum absolute atomic E-state index is 12.8. The lowest BCUT2D eigenvalue weighted by Crippen LogP contribution is -2.30. The van der Waals surface area contributed by atoms with Crippen molar-refractivity contribution in [2.75, 3.05) is 13.2 Å². The van der Waals surface area contributed by atoms with Gasteiger partial charge in [-0.3, -0.25) is 14.4 Å². The van der Waals surface area contributed by atoms with Crippen molar-refractivity contribution < 1.29 is 28.6 Å². The first-order chi connectivity index (χ1) is 31.5. The maximum atomic E-state index is 12.8. The zero-order valence-corrected chi connectivity index (χ0v) is 41.8. The topological polar surface area (TPSA) is 78.9 Å². The molecule has 0 bridgehead atoms. The van der Waals surface area contributed by atoms with Gasteiger partial charge < -0.3 is 14.2 Å². The van der Waals surface area contributed by atoms with E-state index in [9.17, 15) is 14.4 Å². The molecule has 0 aliphatic carbocycles. The van der Waals surface area contributed by atoms with Crippen molar-refractivity contribution >= 4 is 17.9 Å². The second-order valence-corrected chi connectivity index (χ2v) is 17.4. The first-order valence-corrected chi connectivity index (χ1v) is 26.6. The molecule has 0 aromatic rings. The lowest BCUT2D eigenvalue weighted by atomic mass is 10.0. The molecule has 366 valence electrons. The summed E-state index contributed by atoms with van der Waals surface area (Å²) in [5.41, 5.74) is 0. The number of allylic oxidation sites excluding steroid dienone is 14. The van der Waals surface area contributed by atoms with E-state index < -0.39 is 6.10 Å². The van der Waals surface area contributed by atoms with E-state index in [1.807, 2.05) is 0 Å². The molecule has 6 heteroatoms. The predicted molar refractivity (Wildman–Crippen MR) is 274 cm³/mol. The molecule has 0 saturated carbocycles. The molecule has 0 aliphatic rings. The number of carbonyl (C=O) groups excluding carboxylic acids is 3. The summed E-state index contributed by atoms with van der Waals surface area (Å²) < 4.78 is 16.8. The van der Waals surface area contributed by atoms with E-state index in [-0.39, 0.29) is 31.1 Å². The molecule has 0 heterocycles. The monoisotopic (exact) mass is 891 g/mol. The van der Waals surface area contributed by atoms with Crippen molar-refractivity contribution in [3.8, 4) is 0 Å². The van der Waals surface area contributed by atoms with Crippen LogP contribution in [0.25, 0.3) is 0 Å². The molecule has 6 nitrogen and oxygen atoms in total.